The molecule has 0 aliphatic rings. The summed E-state index contributed by atoms with van der Waals surface area (Å²) < 4.78 is 5.90. The summed E-state index contributed by atoms with van der Waals surface area (Å²) >= 11 is 3.49. The molecule has 0 bridgehead atoms. The zero-order chi connectivity index (χ0) is 13.6. The first-order chi connectivity index (χ1) is 9.92. The lowest BCUT2D eigenvalue weighted by Crippen LogP contribution is -1.82. The Bertz CT molecular complexity index is 666. The lowest BCUT2D eigenvalue weighted by atomic mass is 10.3. The fourth-order valence-electron chi connectivity index (χ4n) is 1.84. The molecule has 0 radical (unpaired) electrons. The molecule has 2 aromatic heterocycles. The smallest absolute Gasteiger partial charge is 0.145 e. The van der Waals surface area contributed by atoms with Gasteiger partial charge in [0.2, 0.25) is 0 Å². The first-order valence-corrected chi connectivity index (χ1v) is 8.17. The van der Waals surface area contributed by atoms with E-state index in [1.807, 2.05) is 36.4 Å². The van der Waals surface area contributed by atoms with Crippen LogP contribution in [0.1, 0.15) is 9.75 Å². The number of rotatable bonds is 5. The van der Waals surface area contributed by atoms with Gasteiger partial charge in [0, 0.05) is 11.3 Å². The van der Waals surface area contributed by atoms with Gasteiger partial charge in [-0.3, -0.25) is 0 Å². The maximum atomic E-state index is 5.90. The van der Waals surface area contributed by atoms with Gasteiger partial charge >= 0.3 is 0 Å². The topological polar surface area (TPSA) is 9.23 Å². The summed E-state index contributed by atoms with van der Waals surface area (Å²) in [6.07, 6.45) is 5.30. The van der Waals surface area contributed by atoms with Gasteiger partial charge in [0.25, 0.3) is 0 Å². The number of benzene rings is 1. The van der Waals surface area contributed by atoms with E-state index in [1.165, 1.54) is 4.88 Å². The number of ether oxygens (including phenoxy) is 1. The van der Waals surface area contributed by atoms with Gasteiger partial charge in [0.05, 0.1) is 4.88 Å². The molecule has 3 heteroatoms. The molecule has 100 valence electrons. The first-order valence-electron chi connectivity index (χ1n) is 6.41. The molecule has 0 amide bonds. The van der Waals surface area contributed by atoms with E-state index in [0.29, 0.717) is 0 Å². The Hall–Kier alpha value is -1.84. The van der Waals surface area contributed by atoms with Crippen LogP contribution in [0.4, 0.5) is 0 Å². The first kappa shape index (κ1) is 13.2. The number of hydrogen-bond acceptors (Lipinski definition) is 3. The number of hydrogen-bond donors (Lipinski definition) is 0. The average Bonchev–Trinajstić information content (AvgIpc) is 3.13. The molecule has 0 saturated heterocycles. The van der Waals surface area contributed by atoms with Crippen LogP contribution in [-0.4, -0.2) is 0 Å². The summed E-state index contributed by atoms with van der Waals surface area (Å²) in [7, 11) is 0. The van der Waals surface area contributed by atoms with E-state index in [2.05, 4.69) is 35.0 Å². The van der Waals surface area contributed by atoms with Crippen molar-refractivity contribution in [3.63, 3.8) is 0 Å². The van der Waals surface area contributed by atoms with Crippen LogP contribution in [0.5, 0.6) is 11.5 Å². The van der Waals surface area contributed by atoms with Crippen molar-refractivity contribution in [2.24, 2.45) is 0 Å². The molecular weight excluding hydrogens is 284 g/mol. The molecule has 0 saturated carbocycles. The Balaban J connectivity index is 1.69. The van der Waals surface area contributed by atoms with Crippen molar-refractivity contribution >= 4 is 28.7 Å². The van der Waals surface area contributed by atoms with E-state index in [1.54, 1.807) is 22.7 Å². The van der Waals surface area contributed by atoms with Crippen LogP contribution in [0.25, 0.3) is 6.08 Å². The highest BCUT2D eigenvalue weighted by molar-refractivity contribution is 7.11. The zero-order valence-corrected chi connectivity index (χ0v) is 12.5. The van der Waals surface area contributed by atoms with Crippen molar-refractivity contribution in [1.82, 2.24) is 0 Å². The Labute approximate surface area is 126 Å². The van der Waals surface area contributed by atoms with Crippen molar-refractivity contribution in [1.29, 1.82) is 0 Å². The SMILES string of the molecule is C(=Cc1sccc1Oc1ccccc1)Cc1cccs1. The minimum absolute atomic E-state index is 0.874. The van der Waals surface area contributed by atoms with Crippen LogP contribution in [0.3, 0.4) is 0 Å². The van der Waals surface area contributed by atoms with Crippen LogP contribution in [0, 0.1) is 0 Å². The van der Waals surface area contributed by atoms with Gasteiger partial charge in [0.15, 0.2) is 0 Å². The fraction of sp³-hybridized carbons (Fsp3) is 0.0588. The average molecular weight is 298 g/mol. The summed E-state index contributed by atoms with van der Waals surface area (Å²) in [6.45, 7) is 0. The molecule has 1 aromatic carbocycles. The van der Waals surface area contributed by atoms with Gasteiger partial charge in [-0.15, -0.1) is 22.7 Å². The van der Waals surface area contributed by atoms with E-state index < -0.39 is 0 Å². The molecule has 0 aliphatic heterocycles. The van der Waals surface area contributed by atoms with Crippen LogP contribution >= 0.6 is 22.7 Å². The molecule has 0 unspecified atom stereocenters. The number of allylic oxidation sites excluding steroid dienone is 1. The molecule has 0 spiro atoms. The molecule has 0 aliphatic carbocycles. The van der Waals surface area contributed by atoms with E-state index >= 15 is 0 Å². The Morgan fingerprint density at radius 1 is 0.900 bits per heavy atom. The molecule has 2 heterocycles. The highest BCUT2D eigenvalue weighted by atomic mass is 32.1. The molecule has 3 aromatic rings. The molecule has 3 rings (SSSR count). The highest BCUT2D eigenvalue weighted by Crippen LogP contribution is 2.30. The maximum Gasteiger partial charge on any atom is 0.145 e. The highest BCUT2D eigenvalue weighted by Gasteiger charge is 2.03. The van der Waals surface area contributed by atoms with Gasteiger partial charge in [-0.05, 0) is 41.1 Å². The standard InChI is InChI=1S/C17H14OS2/c1-2-6-14(7-3-1)18-16-11-13-20-17(16)10-4-8-15-9-5-12-19-15/h1-7,9-13H,8H2. The molecule has 20 heavy (non-hydrogen) atoms. The third-order valence-corrected chi connectivity index (χ3v) is 4.56. The summed E-state index contributed by atoms with van der Waals surface area (Å²) in [6, 6.07) is 16.1. The summed E-state index contributed by atoms with van der Waals surface area (Å²) in [4.78, 5) is 2.54. The molecule has 0 fully saturated rings. The minimum atomic E-state index is 0.874. The fourth-order valence-corrected chi connectivity index (χ4v) is 3.26. The van der Waals surface area contributed by atoms with Crippen LogP contribution in [-0.2, 0) is 6.42 Å². The van der Waals surface area contributed by atoms with Gasteiger partial charge < -0.3 is 4.74 Å². The molecule has 0 N–H and O–H groups in total. The van der Waals surface area contributed by atoms with E-state index in [4.69, 9.17) is 4.74 Å². The van der Waals surface area contributed by atoms with Crippen LogP contribution in [0.15, 0.2) is 65.4 Å². The summed E-state index contributed by atoms with van der Waals surface area (Å²) in [5, 5.41) is 4.17. The quantitative estimate of drug-likeness (QED) is 0.573. The van der Waals surface area contributed by atoms with Crippen molar-refractivity contribution in [3.05, 3.63) is 75.1 Å². The second-order valence-electron chi connectivity index (χ2n) is 4.25. The largest absolute Gasteiger partial charge is 0.456 e. The van der Waals surface area contributed by atoms with Crippen LogP contribution in [0.2, 0.25) is 0 Å². The molecule has 1 nitrogen and oxygen atoms in total. The van der Waals surface area contributed by atoms with Crippen molar-refractivity contribution in [2.45, 2.75) is 6.42 Å². The molecular formula is C17H14OS2. The third kappa shape index (κ3) is 3.38. The summed E-state index contributed by atoms with van der Waals surface area (Å²) in [5.41, 5.74) is 0. The predicted molar refractivity (Wildman–Crippen MR) is 87.9 cm³/mol. The predicted octanol–water partition coefficient (Wildman–Crippen LogP) is 5.86. The maximum absolute atomic E-state index is 5.90. The van der Waals surface area contributed by atoms with Gasteiger partial charge in [-0.25, -0.2) is 0 Å². The van der Waals surface area contributed by atoms with Crippen molar-refractivity contribution in [2.75, 3.05) is 0 Å². The van der Waals surface area contributed by atoms with E-state index in [-0.39, 0.29) is 0 Å². The number of thiophene rings is 2. The van der Waals surface area contributed by atoms with Gasteiger partial charge in [-0.2, -0.15) is 0 Å². The summed E-state index contributed by atoms with van der Waals surface area (Å²) in [5.74, 6) is 1.79. The minimum Gasteiger partial charge on any atom is -0.456 e. The third-order valence-electron chi connectivity index (χ3n) is 2.80. The Kier molecular flexibility index (Phi) is 4.31. The Morgan fingerprint density at radius 3 is 2.60 bits per heavy atom. The monoisotopic (exact) mass is 298 g/mol. The lowest BCUT2D eigenvalue weighted by molar-refractivity contribution is 0.484. The number of para-hydroxylation sites is 1. The van der Waals surface area contributed by atoms with E-state index in [9.17, 15) is 0 Å². The Morgan fingerprint density at radius 2 is 1.80 bits per heavy atom. The molecule has 0 atom stereocenters. The van der Waals surface area contributed by atoms with Crippen LogP contribution < -0.4 is 4.74 Å². The normalized spacial score (nSPS) is 11.0. The second-order valence-corrected chi connectivity index (χ2v) is 6.23. The van der Waals surface area contributed by atoms with E-state index in [0.717, 1.165) is 22.8 Å². The van der Waals surface area contributed by atoms with Gasteiger partial charge in [0.1, 0.15) is 11.5 Å². The van der Waals surface area contributed by atoms with Crippen molar-refractivity contribution in [3.8, 4) is 11.5 Å². The zero-order valence-electron chi connectivity index (χ0n) is 10.9. The second kappa shape index (κ2) is 6.55. The lowest BCUT2D eigenvalue weighted by Gasteiger charge is -2.04. The van der Waals surface area contributed by atoms with Crippen molar-refractivity contribution < 1.29 is 4.74 Å². The van der Waals surface area contributed by atoms with Gasteiger partial charge in [-0.1, -0.05) is 30.3 Å².